The standard InChI is InChI=1S/C16H14F3NO2/c1-10(21)12-7-8-13(14(15(12)20)16(17,18)19)22-9-11-5-3-2-4-6-11/h2-8H,9,20H2,1H3. The number of alkyl halides is 3. The van der Waals surface area contributed by atoms with Crippen molar-refractivity contribution >= 4 is 11.5 Å². The second-order valence-electron chi connectivity index (χ2n) is 4.73. The molecule has 0 aliphatic carbocycles. The molecule has 22 heavy (non-hydrogen) atoms. The molecule has 0 spiro atoms. The van der Waals surface area contributed by atoms with Gasteiger partial charge in [0.1, 0.15) is 17.9 Å². The number of carbonyl (C=O) groups excluding carboxylic acids is 1. The first-order valence-corrected chi connectivity index (χ1v) is 6.48. The van der Waals surface area contributed by atoms with E-state index in [0.717, 1.165) is 18.6 Å². The van der Waals surface area contributed by atoms with Crippen LogP contribution in [0.4, 0.5) is 18.9 Å². The van der Waals surface area contributed by atoms with Crippen LogP contribution in [-0.2, 0) is 12.8 Å². The molecule has 0 atom stereocenters. The lowest BCUT2D eigenvalue weighted by atomic mass is 10.0. The summed E-state index contributed by atoms with van der Waals surface area (Å²) in [5.74, 6) is -0.920. The average Bonchev–Trinajstić information content (AvgIpc) is 2.44. The predicted molar refractivity (Wildman–Crippen MR) is 76.6 cm³/mol. The number of ether oxygens (including phenoxy) is 1. The van der Waals surface area contributed by atoms with E-state index in [-0.39, 0.29) is 17.9 Å². The van der Waals surface area contributed by atoms with E-state index in [1.807, 2.05) is 0 Å². The molecular formula is C16H14F3NO2. The average molecular weight is 309 g/mol. The zero-order valence-electron chi connectivity index (χ0n) is 11.8. The van der Waals surface area contributed by atoms with Gasteiger partial charge in [0.05, 0.1) is 5.69 Å². The molecule has 0 saturated carbocycles. The SMILES string of the molecule is CC(=O)c1ccc(OCc2ccccc2)c(C(F)(F)F)c1N. The summed E-state index contributed by atoms with van der Waals surface area (Å²) in [6.07, 6.45) is -4.71. The number of rotatable bonds is 4. The Kier molecular flexibility index (Phi) is 4.40. The largest absolute Gasteiger partial charge is 0.488 e. The lowest BCUT2D eigenvalue weighted by Crippen LogP contribution is -2.15. The molecule has 0 aliphatic rings. The minimum absolute atomic E-state index is 0.0250. The van der Waals surface area contributed by atoms with Gasteiger partial charge in [0.15, 0.2) is 5.78 Å². The smallest absolute Gasteiger partial charge is 0.421 e. The topological polar surface area (TPSA) is 52.3 Å². The Balaban J connectivity index is 2.39. The number of nitrogens with two attached hydrogens (primary N) is 1. The van der Waals surface area contributed by atoms with Crippen LogP contribution in [0, 0.1) is 0 Å². The van der Waals surface area contributed by atoms with Gasteiger partial charge in [-0.2, -0.15) is 13.2 Å². The molecule has 0 aliphatic heterocycles. The Morgan fingerprint density at radius 1 is 1.14 bits per heavy atom. The predicted octanol–water partition coefficient (Wildman–Crippen LogP) is 4.07. The highest BCUT2D eigenvalue weighted by Crippen LogP contribution is 2.42. The van der Waals surface area contributed by atoms with E-state index < -0.39 is 23.2 Å². The molecule has 0 aromatic heterocycles. The van der Waals surface area contributed by atoms with Gasteiger partial charge >= 0.3 is 6.18 Å². The first kappa shape index (κ1) is 15.9. The van der Waals surface area contributed by atoms with E-state index in [9.17, 15) is 18.0 Å². The molecule has 0 bridgehead atoms. The Morgan fingerprint density at radius 3 is 2.32 bits per heavy atom. The third-order valence-electron chi connectivity index (χ3n) is 3.11. The minimum atomic E-state index is -4.71. The summed E-state index contributed by atoms with van der Waals surface area (Å²) in [6, 6.07) is 11.2. The number of carbonyl (C=O) groups is 1. The summed E-state index contributed by atoms with van der Waals surface area (Å²) in [4.78, 5) is 11.3. The second-order valence-corrected chi connectivity index (χ2v) is 4.73. The molecule has 3 nitrogen and oxygen atoms in total. The van der Waals surface area contributed by atoms with Crippen molar-refractivity contribution in [2.45, 2.75) is 19.7 Å². The van der Waals surface area contributed by atoms with Gasteiger partial charge in [-0.3, -0.25) is 4.79 Å². The van der Waals surface area contributed by atoms with Gasteiger partial charge in [-0.1, -0.05) is 30.3 Å². The minimum Gasteiger partial charge on any atom is -0.488 e. The zero-order valence-corrected chi connectivity index (χ0v) is 11.8. The first-order valence-electron chi connectivity index (χ1n) is 6.48. The molecule has 0 fully saturated rings. The van der Waals surface area contributed by atoms with Crippen molar-refractivity contribution in [3.8, 4) is 5.75 Å². The fourth-order valence-corrected chi connectivity index (χ4v) is 2.05. The first-order chi connectivity index (χ1) is 10.3. The van der Waals surface area contributed by atoms with Crippen LogP contribution >= 0.6 is 0 Å². The molecule has 2 aromatic rings. The molecule has 0 saturated heterocycles. The number of Topliss-reactive ketones (excluding diaryl/α,β-unsaturated/α-hetero) is 1. The van der Waals surface area contributed by atoms with Crippen LogP contribution in [-0.4, -0.2) is 5.78 Å². The summed E-state index contributed by atoms with van der Waals surface area (Å²) < 4.78 is 44.9. The van der Waals surface area contributed by atoms with Crippen molar-refractivity contribution < 1.29 is 22.7 Å². The lowest BCUT2D eigenvalue weighted by Gasteiger charge is -2.17. The summed E-state index contributed by atoms with van der Waals surface area (Å²) in [5.41, 5.74) is 4.36. The summed E-state index contributed by atoms with van der Waals surface area (Å²) in [5, 5.41) is 0. The van der Waals surface area contributed by atoms with E-state index in [2.05, 4.69) is 0 Å². The Hall–Kier alpha value is -2.50. The van der Waals surface area contributed by atoms with E-state index >= 15 is 0 Å². The zero-order chi connectivity index (χ0) is 16.3. The quantitative estimate of drug-likeness (QED) is 0.684. The highest BCUT2D eigenvalue weighted by atomic mass is 19.4. The second kappa shape index (κ2) is 6.09. The Morgan fingerprint density at radius 2 is 1.77 bits per heavy atom. The molecule has 2 rings (SSSR count). The fraction of sp³-hybridized carbons (Fsp3) is 0.188. The Labute approximate surface area is 125 Å². The maximum Gasteiger partial charge on any atom is 0.421 e. The summed E-state index contributed by atoms with van der Waals surface area (Å²) in [7, 11) is 0. The van der Waals surface area contributed by atoms with Gasteiger partial charge < -0.3 is 10.5 Å². The molecule has 0 amide bonds. The molecular weight excluding hydrogens is 295 g/mol. The van der Waals surface area contributed by atoms with E-state index in [1.54, 1.807) is 30.3 Å². The van der Waals surface area contributed by atoms with Crippen LogP contribution in [0.5, 0.6) is 5.75 Å². The van der Waals surface area contributed by atoms with Crippen LogP contribution in [0.1, 0.15) is 28.4 Å². The van der Waals surface area contributed by atoms with E-state index in [4.69, 9.17) is 10.5 Å². The summed E-state index contributed by atoms with van der Waals surface area (Å²) in [6.45, 7) is 1.14. The molecule has 116 valence electrons. The van der Waals surface area contributed by atoms with E-state index in [0.29, 0.717) is 0 Å². The summed E-state index contributed by atoms with van der Waals surface area (Å²) >= 11 is 0. The number of hydrogen-bond acceptors (Lipinski definition) is 3. The van der Waals surface area contributed by atoms with Crippen molar-refractivity contribution in [1.29, 1.82) is 0 Å². The number of anilines is 1. The maximum atomic E-state index is 13.2. The Bertz CT molecular complexity index is 682. The van der Waals surface area contributed by atoms with Crippen LogP contribution < -0.4 is 10.5 Å². The number of benzene rings is 2. The third-order valence-corrected chi connectivity index (χ3v) is 3.11. The number of ketones is 1. The fourth-order valence-electron chi connectivity index (χ4n) is 2.05. The maximum absolute atomic E-state index is 13.2. The van der Waals surface area contributed by atoms with Crippen molar-refractivity contribution in [2.24, 2.45) is 0 Å². The van der Waals surface area contributed by atoms with Gasteiger partial charge in [0.2, 0.25) is 0 Å². The van der Waals surface area contributed by atoms with Gasteiger partial charge in [0, 0.05) is 5.56 Å². The van der Waals surface area contributed by atoms with Crippen molar-refractivity contribution in [3.63, 3.8) is 0 Å². The van der Waals surface area contributed by atoms with Crippen LogP contribution in [0.25, 0.3) is 0 Å². The molecule has 6 heteroatoms. The molecule has 0 radical (unpaired) electrons. The lowest BCUT2D eigenvalue weighted by molar-refractivity contribution is -0.138. The molecule has 0 unspecified atom stereocenters. The van der Waals surface area contributed by atoms with Crippen molar-refractivity contribution in [1.82, 2.24) is 0 Å². The number of halogens is 3. The van der Waals surface area contributed by atoms with Crippen LogP contribution in [0.15, 0.2) is 42.5 Å². The van der Waals surface area contributed by atoms with Crippen molar-refractivity contribution in [3.05, 3.63) is 59.2 Å². The number of nitrogen functional groups attached to an aromatic ring is 1. The van der Waals surface area contributed by atoms with Gasteiger partial charge in [-0.05, 0) is 24.6 Å². The van der Waals surface area contributed by atoms with Crippen molar-refractivity contribution in [2.75, 3.05) is 5.73 Å². The molecule has 0 heterocycles. The monoisotopic (exact) mass is 309 g/mol. The van der Waals surface area contributed by atoms with Gasteiger partial charge in [-0.25, -0.2) is 0 Å². The van der Waals surface area contributed by atoms with E-state index in [1.165, 1.54) is 6.07 Å². The van der Waals surface area contributed by atoms with Gasteiger partial charge in [-0.15, -0.1) is 0 Å². The van der Waals surface area contributed by atoms with Crippen LogP contribution in [0.3, 0.4) is 0 Å². The third kappa shape index (κ3) is 3.39. The normalized spacial score (nSPS) is 11.3. The highest BCUT2D eigenvalue weighted by Gasteiger charge is 2.38. The van der Waals surface area contributed by atoms with Crippen LogP contribution in [0.2, 0.25) is 0 Å². The number of hydrogen-bond donors (Lipinski definition) is 1. The molecule has 2 aromatic carbocycles. The van der Waals surface area contributed by atoms with Gasteiger partial charge in [0.25, 0.3) is 0 Å². The molecule has 2 N–H and O–H groups in total. The highest BCUT2D eigenvalue weighted by molar-refractivity contribution is 6.00.